The Balaban J connectivity index is 1.55. The van der Waals surface area contributed by atoms with Crippen molar-refractivity contribution in [2.45, 2.75) is 13.8 Å². The van der Waals surface area contributed by atoms with Gasteiger partial charge in [-0.25, -0.2) is 0 Å². The zero-order valence-corrected chi connectivity index (χ0v) is 19.5. The average molecular weight is 436 g/mol. The standard InChI is InChI=1S/C32H25BO/c1-4-8-26-29(5-2)34-30-20-19-28-31(32(26)30)25-9-6-7-10-27(25)33(28)24-17-15-23(16-18-24)22-13-11-21(3)12-14-22/h4-20H,2H2,1,3H3/b8-4-. The fourth-order valence-corrected chi connectivity index (χ4v) is 5.38. The smallest absolute Gasteiger partial charge is 0.242 e. The summed E-state index contributed by atoms with van der Waals surface area (Å²) >= 11 is 0. The van der Waals surface area contributed by atoms with Crippen molar-refractivity contribution in [3.8, 4) is 22.3 Å². The van der Waals surface area contributed by atoms with Gasteiger partial charge in [-0.2, -0.15) is 0 Å². The van der Waals surface area contributed by atoms with Crippen LogP contribution in [0.15, 0.2) is 102 Å². The van der Waals surface area contributed by atoms with Gasteiger partial charge in [0.1, 0.15) is 11.3 Å². The van der Waals surface area contributed by atoms with Gasteiger partial charge in [-0.05, 0) is 48.2 Å². The largest absolute Gasteiger partial charge is 0.456 e. The quantitative estimate of drug-likeness (QED) is 0.285. The van der Waals surface area contributed by atoms with Crippen LogP contribution < -0.4 is 16.4 Å². The Morgan fingerprint density at radius 1 is 0.794 bits per heavy atom. The molecule has 0 N–H and O–H groups in total. The van der Waals surface area contributed by atoms with E-state index < -0.39 is 0 Å². The van der Waals surface area contributed by atoms with E-state index in [4.69, 9.17) is 4.42 Å². The SMILES string of the molecule is C=Cc1oc2ccc3c(c2c1/C=C\C)-c1ccccc1B3c1ccc(-c2ccc(C)cc2)cc1. The summed E-state index contributed by atoms with van der Waals surface area (Å²) in [5.74, 6) is 0.824. The first-order valence-corrected chi connectivity index (χ1v) is 11.8. The van der Waals surface area contributed by atoms with E-state index in [9.17, 15) is 0 Å². The fourth-order valence-electron chi connectivity index (χ4n) is 5.38. The van der Waals surface area contributed by atoms with Crippen LogP contribution in [0.1, 0.15) is 23.8 Å². The molecule has 0 spiro atoms. The molecule has 6 rings (SSSR count). The van der Waals surface area contributed by atoms with Crippen LogP contribution in [-0.4, -0.2) is 6.71 Å². The molecule has 0 radical (unpaired) electrons. The van der Waals surface area contributed by atoms with Crippen molar-refractivity contribution in [2.24, 2.45) is 0 Å². The molecular formula is C32H25BO. The predicted molar refractivity (Wildman–Crippen MR) is 148 cm³/mol. The molecule has 2 heteroatoms. The molecule has 34 heavy (non-hydrogen) atoms. The maximum Gasteiger partial charge on any atom is 0.242 e. The van der Waals surface area contributed by atoms with Gasteiger partial charge in [0.25, 0.3) is 0 Å². The molecule has 162 valence electrons. The molecule has 0 atom stereocenters. The van der Waals surface area contributed by atoms with Crippen molar-refractivity contribution >= 4 is 46.2 Å². The van der Waals surface area contributed by atoms with Crippen LogP contribution in [0.3, 0.4) is 0 Å². The van der Waals surface area contributed by atoms with E-state index in [-0.39, 0.29) is 6.71 Å². The Hall–Kier alpha value is -4.04. The van der Waals surface area contributed by atoms with E-state index in [0.29, 0.717) is 0 Å². The highest BCUT2D eigenvalue weighted by Gasteiger charge is 2.35. The van der Waals surface area contributed by atoms with Crippen molar-refractivity contribution in [1.29, 1.82) is 0 Å². The highest BCUT2D eigenvalue weighted by atomic mass is 16.3. The van der Waals surface area contributed by atoms with Crippen LogP contribution in [-0.2, 0) is 0 Å². The molecule has 0 bridgehead atoms. The van der Waals surface area contributed by atoms with Crippen LogP contribution >= 0.6 is 0 Å². The first-order chi connectivity index (χ1) is 16.7. The number of hydrogen-bond acceptors (Lipinski definition) is 1. The summed E-state index contributed by atoms with van der Waals surface area (Å²) in [6.45, 7) is 8.34. The number of fused-ring (bicyclic) bond motifs is 5. The molecule has 1 aliphatic rings. The van der Waals surface area contributed by atoms with Gasteiger partial charge in [-0.3, -0.25) is 0 Å². The first kappa shape index (κ1) is 20.6. The molecule has 1 nitrogen and oxygen atoms in total. The van der Waals surface area contributed by atoms with Gasteiger partial charge < -0.3 is 4.42 Å². The molecule has 5 aromatic rings. The van der Waals surface area contributed by atoms with Crippen molar-refractivity contribution < 1.29 is 4.42 Å². The lowest BCUT2D eigenvalue weighted by atomic mass is 9.39. The molecule has 1 aliphatic heterocycles. The third-order valence-electron chi connectivity index (χ3n) is 6.95. The molecule has 0 unspecified atom stereocenters. The summed E-state index contributed by atoms with van der Waals surface area (Å²) in [5, 5.41) is 1.18. The molecule has 0 saturated carbocycles. The summed E-state index contributed by atoms with van der Waals surface area (Å²) < 4.78 is 6.19. The fraction of sp³-hybridized carbons (Fsp3) is 0.0625. The maximum absolute atomic E-state index is 6.19. The zero-order valence-electron chi connectivity index (χ0n) is 19.5. The van der Waals surface area contributed by atoms with Crippen LogP contribution in [0.4, 0.5) is 0 Å². The van der Waals surface area contributed by atoms with Crippen LogP contribution in [0.25, 0.3) is 45.4 Å². The minimum atomic E-state index is 0.197. The first-order valence-electron chi connectivity index (χ1n) is 11.8. The molecule has 0 saturated heterocycles. The Morgan fingerprint density at radius 3 is 2.21 bits per heavy atom. The topological polar surface area (TPSA) is 13.1 Å². The molecule has 0 amide bonds. The van der Waals surface area contributed by atoms with Gasteiger partial charge in [0, 0.05) is 10.9 Å². The Labute approximate surface area is 201 Å². The van der Waals surface area contributed by atoms with Crippen LogP contribution in [0.2, 0.25) is 0 Å². The van der Waals surface area contributed by atoms with Crippen molar-refractivity contribution in [3.05, 3.63) is 114 Å². The van der Waals surface area contributed by atoms with Crippen molar-refractivity contribution in [1.82, 2.24) is 0 Å². The van der Waals surface area contributed by atoms with E-state index in [0.717, 1.165) is 16.9 Å². The number of benzene rings is 4. The zero-order chi connectivity index (χ0) is 23.2. The van der Waals surface area contributed by atoms with Crippen molar-refractivity contribution in [3.63, 3.8) is 0 Å². The third-order valence-corrected chi connectivity index (χ3v) is 6.95. The molecule has 0 fully saturated rings. The minimum absolute atomic E-state index is 0.197. The minimum Gasteiger partial charge on any atom is -0.456 e. The van der Waals surface area contributed by atoms with Gasteiger partial charge in [-0.1, -0.05) is 120 Å². The molecule has 1 aromatic heterocycles. The monoisotopic (exact) mass is 436 g/mol. The van der Waals surface area contributed by atoms with Crippen LogP contribution in [0.5, 0.6) is 0 Å². The van der Waals surface area contributed by atoms with Gasteiger partial charge >= 0.3 is 0 Å². The van der Waals surface area contributed by atoms with Gasteiger partial charge in [0.05, 0.1) is 0 Å². The second-order valence-corrected chi connectivity index (χ2v) is 9.00. The second-order valence-electron chi connectivity index (χ2n) is 9.00. The summed E-state index contributed by atoms with van der Waals surface area (Å²) in [6.07, 6.45) is 6.01. The van der Waals surface area contributed by atoms with E-state index in [1.54, 1.807) is 0 Å². The highest BCUT2D eigenvalue weighted by molar-refractivity contribution is 6.99. The van der Waals surface area contributed by atoms with Crippen molar-refractivity contribution in [2.75, 3.05) is 0 Å². The highest BCUT2D eigenvalue weighted by Crippen LogP contribution is 2.37. The number of furan rings is 1. The molecule has 2 heterocycles. The van der Waals surface area contributed by atoms with E-state index in [1.807, 2.05) is 13.0 Å². The summed E-state index contributed by atoms with van der Waals surface area (Å²) in [6, 6.07) is 30.9. The lowest BCUT2D eigenvalue weighted by Crippen LogP contribution is -2.48. The Morgan fingerprint density at radius 2 is 1.50 bits per heavy atom. The second kappa shape index (κ2) is 8.07. The van der Waals surface area contributed by atoms with Gasteiger partial charge in [-0.15, -0.1) is 0 Å². The predicted octanol–water partition coefficient (Wildman–Crippen LogP) is 6.58. The van der Waals surface area contributed by atoms with Crippen LogP contribution in [0, 0.1) is 6.92 Å². The average Bonchev–Trinajstić information content (AvgIpc) is 3.40. The van der Waals surface area contributed by atoms with E-state index in [1.165, 1.54) is 49.6 Å². The summed E-state index contributed by atoms with van der Waals surface area (Å²) in [4.78, 5) is 0. The maximum atomic E-state index is 6.19. The van der Waals surface area contributed by atoms with Gasteiger partial charge in [0.2, 0.25) is 6.71 Å². The third kappa shape index (κ3) is 3.10. The Kier molecular flexibility index (Phi) is 4.88. The number of rotatable bonds is 4. The van der Waals surface area contributed by atoms with E-state index >= 15 is 0 Å². The molecular weight excluding hydrogens is 411 g/mol. The van der Waals surface area contributed by atoms with E-state index in [2.05, 4.69) is 111 Å². The normalized spacial score (nSPS) is 12.4. The Bertz CT molecular complexity index is 1570. The number of allylic oxidation sites excluding steroid dienone is 1. The van der Waals surface area contributed by atoms with Gasteiger partial charge in [0.15, 0.2) is 0 Å². The number of aryl methyl sites for hydroxylation is 1. The lowest BCUT2D eigenvalue weighted by Gasteiger charge is -2.12. The molecule has 4 aromatic carbocycles. The summed E-state index contributed by atoms with van der Waals surface area (Å²) in [7, 11) is 0. The number of hydrogen-bond donors (Lipinski definition) is 0. The molecule has 0 aliphatic carbocycles. The summed E-state index contributed by atoms with van der Waals surface area (Å²) in [5.41, 5.74) is 12.3. The lowest BCUT2D eigenvalue weighted by molar-refractivity contribution is 0.603.